The number of thiazole rings is 1. The Bertz CT molecular complexity index is 755. The van der Waals surface area contributed by atoms with Gasteiger partial charge in [-0.15, -0.1) is 11.3 Å². The number of carbonyl (C=O) groups is 1. The molecular formula is C19H23N3O4S. The van der Waals surface area contributed by atoms with Crippen LogP contribution in [-0.2, 0) is 20.7 Å². The first-order valence-electron chi connectivity index (χ1n) is 9.00. The number of benzene rings is 1. The van der Waals surface area contributed by atoms with Gasteiger partial charge in [0.2, 0.25) is 5.13 Å². The summed E-state index contributed by atoms with van der Waals surface area (Å²) in [5, 5.41) is 6.62. The number of nitrogens with one attached hydrogen (secondary N) is 1. The minimum Gasteiger partial charge on any atom is -0.466 e. The van der Waals surface area contributed by atoms with E-state index in [1.54, 1.807) is 13.1 Å². The maximum atomic E-state index is 11.4. The molecule has 3 rings (SSSR count). The summed E-state index contributed by atoms with van der Waals surface area (Å²) in [5.74, 6) is 0.509. The Kier molecular flexibility index (Phi) is 7.18. The van der Waals surface area contributed by atoms with Gasteiger partial charge in [-0.05, 0) is 49.6 Å². The van der Waals surface area contributed by atoms with Gasteiger partial charge >= 0.3 is 5.97 Å². The number of carbonyl (C=O) groups excluding carboxylic acids is 1. The molecule has 1 N–H and O–H groups in total. The van der Waals surface area contributed by atoms with Gasteiger partial charge in [0, 0.05) is 11.8 Å². The molecule has 1 aliphatic heterocycles. The van der Waals surface area contributed by atoms with Crippen LogP contribution in [0.2, 0.25) is 0 Å². The predicted molar refractivity (Wildman–Crippen MR) is 104 cm³/mol. The third-order valence-electron chi connectivity index (χ3n) is 3.84. The highest BCUT2D eigenvalue weighted by Crippen LogP contribution is 2.19. The fraction of sp³-hybridized carbons (Fsp3) is 0.421. The highest BCUT2D eigenvalue weighted by Gasteiger charge is 2.14. The van der Waals surface area contributed by atoms with Crippen molar-refractivity contribution in [1.82, 2.24) is 4.98 Å². The van der Waals surface area contributed by atoms with Gasteiger partial charge in [-0.25, -0.2) is 4.98 Å². The van der Waals surface area contributed by atoms with Gasteiger partial charge < -0.3 is 14.2 Å². The van der Waals surface area contributed by atoms with Crippen molar-refractivity contribution in [2.24, 2.45) is 5.10 Å². The number of hydrogen-bond donors (Lipinski definition) is 1. The Balaban J connectivity index is 1.46. The Morgan fingerprint density at radius 1 is 1.41 bits per heavy atom. The summed E-state index contributed by atoms with van der Waals surface area (Å²) < 4.78 is 16.3. The summed E-state index contributed by atoms with van der Waals surface area (Å²) >= 11 is 1.39. The minimum atomic E-state index is -0.279. The van der Waals surface area contributed by atoms with Crippen molar-refractivity contribution < 1.29 is 19.0 Å². The predicted octanol–water partition coefficient (Wildman–Crippen LogP) is 3.60. The molecule has 0 amide bonds. The molecule has 1 saturated heterocycles. The van der Waals surface area contributed by atoms with Gasteiger partial charge in [0.25, 0.3) is 0 Å². The number of nitrogens with zero attached hydrogens (tertiary/aromatic N) is 2. The number of aromatic nitrogens is 1. The largest absolute Gasteiger partial charge is 0.466 e. The summed E-state index contributed by atoms with van der Waals surface area (Å²) in [6.45, 7) is 2.91. The summed E-state index contributed by atoms with van der Waals surface area (Å²) in [4.78, 5) is 15.8. The molecule has 1 aromatic heterocycles. The molecule has 0 aliphatic carbocycles. The van der Waals surface area contributed by atoms with Crippen LogP contribution in [0.25, 0.3) is 0 Å². The average Bonchev–Trinajstić information content (AvgIpc) is 3.11. The molecular weight excluding hydrogens is 366 g/mol. The molecule has 27 heavy (non-hydrogen) atoms. The lowest BCUT2D eigenvalue weighted by molar-refractivity contribution is -0.142. The Labute approximate surface area is 162 Å². The van der Waals surface area contributed by atoms with E-state index in [4.69, 9.17) is 14.2 Å². The number of rotatable bonds is 8. The van der Waals surface area contributed by atoms with E-state index in [1.165, 1.54) is 11.3 Å². The fourth-order valence-corrected chi connectivity index (χ4v) is 3.21. The van der Waals surface area contributed by atoms with Crippen LogP contribution >= 0.6 is 11.3 Å². The third kappa shape index (κ3) is 6.33. The molecule has 2 heterocycles. The van der Waals surface area contributed by atoms with Crippen LogP contribution < -0.4 is 10.2 Å². The Morgan fingerprint density at radius 2 is 2.26 bits per heavy atom. The topological polar surface area (TPSA) is 82.0 Å². The monoisotopic (exact) mass is 389 g/mol. The second-order valence-corrected chi connectivity index (χ2v) is 6.84. The van der Waals surface area contributed by atoms with Gasteiger partial charge in [-0.3, -0.25) is 10.2 Å². The number of anilines is 1. The van der Waals surface area contributed by atoms with Gasteiger partial charge in [0.15, 0.2) is 6.29 Å². The standard InChI is InChI=1S/C19H23N3O4S/c1-2-24-17(23)11-15-13-27-19(21-15)22-20-12-14-6-8-16(9-7-14)26-18-5-3-4-10-25-18/h6-9,12-13,18H,2-5,10-11H2,1H3,(H,21,22). The van der Waals surface area contributed by atoms with Crippen molar-refractivity contribution in [3.63, 3.8) is 0 Å². The summed E-state index contributed by atoms with van der Waals surface area (Å²) in [7, 11) is 0. The number of ether oxygens (including phenoxy) is 3. The first-order valence-corrected chi connectivity index (χ1v) is 9.88. The number of hydrazone groups is 1. The van der Waals surface area contributed by atoms with Gasteiger partial charge in [0.05, 0.1) is 31.5 Å². The summed E-state index contributed by atoms with van der Waals surface area (Å²) in [6.07, 6.45) is 4.90. The molecule has 2 aromatic rings. The van der Waals surface area contributed by atoms with Crippen molar-refractivity contribution >= 4 is 28.7 Å². The normalized spacial score (nSPS) is 17.0. The number of hydrogen-bond acceptors (Lipinski definition) is 8. The van der Waals surface area contributed by atoms with E-state index in [-0.39, 0.29) is 18.7 Å². The molecule has 0 spiro atoms. The molecule has 1 aliphatic rings. The lowest BCUT2D eigenvalue weighted by Crippen LogP contribution is -2.24. The second-order valence-electron chi connectivity index (χ2n) is 5.98. The maximum absolute atomic E-state index is 11.4. The molecule has 144 valence electrons. The average molecular weight is 389 g/mol. The van der Waals surface area contributed by atoms with E-state index < -0.39 is 0 Å². The first-order chi connectivity index (χ1) is 13.2. The van der Waals surface area contributed by atoms with Crippen molar-refractivity contribution in [1.29, 1.82) is 0 Å². The number of esters is 1. The van der Waals surface area contributed by atoms with E-state index in [1.807, 2.05) is 29.6 Å². The van der Waals surface area contributed by atoms with E-state index in [2.05, 4.69) is 15.5 Å². The van der Waals surface area contributed by atoms with Crippen LogP contribution in [0.5, 0.6) is 5.75 Å². The quantitative estimate of drug-likeness (QED) is 0.422. The smallest absolute Gasteiger partial charge is 0.311 e. The lowest BCUT2D eigenvalue weighted by atomic mass is 10.2. The van der Waals surface area contributed by atoms with E-state index in [0.717, 1.165) is 37.2 Å². The van der Waals surface area contributed by atoms with Crippen molar-refractivity contribution in [3.8, 4) is 5.75 Å². The molecule has 0 radical (unpaired) electrons. The molecule has 8 heteroatoms. The second kappa shape index (κ2) is 10.0. The van der Waals surface area contributed by atoms with Crippen molar-refractivity contribution in [2.75, 3.05) is 18.6 Å². The van der Waals surface area contributed by atoms with Crippen LogP contribution in [0.3, 0.4) is 0 Å². The zero-order chi connectivity index (χ0) is 18.9. The van der Waals surface area contributed by atoms with Crippen molar-refractivity contribution in [3.05, 3.63) is 40.9 Å². The zero-order valence-electron chi connectivity index (χ0n) is 15.2. The third-order valence-corrected chi connectivity index (χ3v) is 4.64. The lowest BCUT2D eigenvalue weighted by Gasteiger charge is -2.23. The van der Waals surface area contributed by atoms with E-state index in [0.29, 0.717) is 17.4 Å². The Hall–Kier alpha value is -2.45. The minimum absolute atomic E-state index is 0.145. The van der Waals surface area contributed by atoms with E-state index >= 15 is 0 Å². The summed E-state index contributed by atoms with van der Waals surface area (Å²) in [6, 6.07) is 7.66. The van der Waals surface area contributed by atoms with E-state index in [9.17, 15) is 4.79 Å². The molecule has 1 unspecified atom stereocenters. The molecule has 0 saturated carbocycles. The van der Waals surface area contributed by atoms with Crippen LogP contribution in [-0.4, -0.2) is 36.7 Å². The summed E-state index contributed by atoms with van der Waals surface area (Å²) in [5.41, 5.74) is 4.47. The van der Waals surface area contributed by atoms with Gasteiger partial charge in [-0.1, -0.05) is 0 Å². The van der Waals surface area contributed by atoms with Crippen LogP contribution in [0.1, 0.15) is 37.4 Å². The van der Waals surface area contributed by atoms with Gasteiger partial charge in [-0.2, -0.15) is 5.10 Å². The fourth-order valence-electron chi connectivity index (χ4n) is 2.55. The first kappa shape index (κ1) is 19.3. The zero-order valence-corrected chi connectivity index (χ0v) is 16.0. The molecule has 7 nitrogen and oxygen atoms in total. The maximum Gasteiger partial charge on any atom is 0.311 e. The van der Waals surface area contributed by atoms with Crippen LogP contribution in [0, 0.1) is 0 Å². The van der Waals surface area contributed by atoms with Crippen LogP contribution in [0.4, 0.5) is 5.13 Å². The highest BCUT2D eigenvalue weighted by atomic mass is 32.1. The van der Waals surface area contributed by atoms with Gasteiger partial charge in [0.1, 0.15) is 5.75 Å². The highest BCUT2D eigenvalue weighted by molar-refractivity contribution is 7.13. The van der Waals surface area contributed by atoms with Crippen LogP contribution in [0.15, 0.2) is 34.7 Å². The SMILES string of the molecule is CCOC(=O)Cc1csc(NN=Cc2ccc(OC3CCCCO3)cc2)n1. The molecule has 1 atom stereocenters. The van der Waals surface area contributed by atoms with Crippen molar-refractivity contribution in [2.45, 2.75) is 38.9 Å². The Morgan fingerprint density at radius 3 is 3.00 bits per heavy atom. The molecule has 1 fully saturated rings. The molecule has 0 bridgehead atoms. The molecule has 1 aromatic carbocycles.